The largest absolute Gasteiger partial charge is 0.494 e. The van der Waals surface area contributed by atoms with Crippen molar-refractivity contribution >= 4 is 10.0 Å². The predicted octanol–water partition coefficient (Wildman–Crippen LogP) is 2.50. The number of nitrogens with zero attached hydrogens (tertiary/aromatic N) is 1. The number of furan rings is 1. The Labute approximate surface area is 118 Å². The van der Waals surface area contributed by atoms with Gasteiger partial charge < -0.3 is 9.15 Å². The van der Waals surface area contributed by atoms with E-state index in [1.807, 2.05) is 6.92 Å². The summed E-state index contributed by atoms with van der Waals surface area (Å²) in [6.07, 6.45) is 1.52. The molecule has 108 valence electrons. The third-order valence-corrected chi connectivity index (χ3v) is 4.62. The van der Waals surface area contributed by atoms with Crippen molar-refractivity contribution in [3.8, 4) is 5.75 Å². The lowest BCUT2D eigenvalue weighted by Gasteiger charge is -2.16. The Kier molecular flexibility index (Phi) is 4.46. The molecule has 6 heteroatoms. The minimum absolute atomic E-state index is 0.197. The molecule has 1 heterocycles. The number of rotatable bonds is 6. The second-order valence-electron chi connectivity index (χ2n) is 4.24. The Morgan fingerprint density at radius 3 is 2.45 bits per heavy atom. The van der Waals surface area contributed by atoms with Crippen LogP contribution in [-0.2, 0) is 16.6 Å². The molecule has 0 amide bonds. The first kappa shape index (κ1) is 14.6. The number of hydrogen-bond donors (Lipinski definition) is 0. The minimum atomic E-state index is -3.53. The fourth-order valence-electron chi connectivity index (χ4n) is 1.76. The lowest BCUT2D eigenvalue weighted by Crippen LogP contribution is -2.26. The number of ether oxygens (including phenoxy) is 1. The maximum Gasteiger partial charge on any atom is 0.243 e. The Balaban J connectivity index is 2.16. The summed E-state index contributed by atoms with van der Waals surface area (Å²) in [5.74, 6) is 1.25. The van der Waals surface area contributed by atoms with Crippen LogP contribution in [0.15, 0.2) is 52.0 Å². The van der Waals surface area contributed by atoms with E-state index in [1.54, 1.807) is 36.4 Å². The van der Waals surface area contributed by atoms with E-state index in [-0.39, 0.29) is 11.4 Å². The zero-order valence-corrected chi connectivity index (χ0v) is 12.3. The number of hydrogen-bond acceptors (Lipinski definition) is 4. The zero-order valence-electron chi connectivity index (χ0n) is 11.4. The molecule has 5 nitrogen and oxygen atoms in total. The van der Waals surface area contributed by atoms with Crippen molar-refractivity contribution in [1.29, 1.82) is 0 Å². The molecule has 2 aromatic rings. The summed E-state index contributed by atoms with van der Waals surface area (Å²) >= 11 is 0. The molecule has 0 saturated heterocycles. The second-order valence-corrected chi connectivity index (χ2v) is 6.29. The van der Waals surface area contributed by atoms with Gasteiger partial charge in [0, 0.05) is 7.05 Å². The van der Waals surface area contributed by atoms with Crippen LogP contribution >= 0.6 is 0 Å². The summed E-state index contributed by atoms with van der Waals surface area (Å²) in [7, 11) is -2.01. The molecular formula is C14H17NO4S. The molecule has 0 radical (unpaired) electrons. The summed E-state index contributed by atoms with van der Waals surface area (Å²) in [4.78, 5) is 0.231. The average Bonchev–Trinajstić information content (AvgIpc) is 2.92. The molecule has 0 N–H and O–H groups in total. The molecule has 2 rings (SSSR count). The molecule has 0 bridgehead atoms. The maximum atomic E-state index is 12.4. The molecule has 1 aromatic carbocycles. The van der Waals surface area contributed by atoms with Gasteiger partial charge in [-0.3, -0.25) is 0 Å². The zero-order chi connectivity index (χ0) is 14.6. The number of benzene rings is 1. The van der Waals surface area contributed by atoms with Crippen LogP contribution in [0.4, 0.5) is 0 Å². The average molecular weight is 295 g/mol. The molecule has 20 heavy (non-hydrogen) atoms. The van der Waals surface area contributed by atoms with E-state index in [9.17, 15) is 8.42 Å². The monoisotopic (exact) mass is 295 g/mol. The molecule has 0 fully saturated rings. The summed E-state index contributed by atoms with van der Waals surface area (Å²) in [6, 6.07) is 9.85. The van der Waals surface area contributed by atoms with Crippen LogP contribution in [-0.4, -0.2) is 26.4 Å². The van der Waals surface area contributed by atoms with E-state index in [2.05, 4.69) is 0 Å². The SMILES string of the molecule is CCOc1ccc(S(=O)(=O)N(C)Cc2ccco2)cc1. The van der Waals surface area contributed by atoms with Crippen molar-refractivity contribution in [2.45, 2.75) is 18.4 Å². The Morgan fingerprint density at radius 2 is 1.90 bits per heavy atom. The van der Waals surface area contributed by atoms with Crippen molar-refractivity contribution in [3.05, 3.63) is 48.4 Å². The van der Waals surface area contributed by atoms with Crippen molar-refractivity contribution in [3.63, 3.8) is 0 Å². The Bertz CT molecular complexity index is 632. The van der Waals surface area contributed by atoms with Gasteiger partial charge in [-0.2, -0.15) is 4.31 Å². The molecule has 0 aliphatic carbocycles. The van der Waals surface area contributed by atoms with Gasteiger partial charge >= 0.3 is 0 Å². The molecule has 0 aliphatic heterocycles. The van der Waals surface area contributed by atoms with E-state index in [0.29, 0.717) is 18.1 Å². The molecule has 0 spiro atoms. The van der Waals surface area contributed by atoms with Crippen molar-refractivity contribution in [1.82, 2.24) is 4.31 Å². The topological polar surface area (TPSA) is 59.8 Å². The van der Waals surface area contributed by atoms with E-state index in [4.69, 9.17) is 9.15 Å². The molecule has 0 unspecified atom stereocenters. The predicted molar refractivity (Wildman–Crippen MR) is 75.0 cm³/mol. The summed E-state index contributed by atoms with van der Waals surface area (Å²) in [6.45, 7) is 2.62. The first-order chi connectivity index (χ1) is 9.54. The molecular weight excluding hydrogens is 278 g/mol. The van der Waals surface area contributed by atoms with Crippen molar-refractivity contribution < 1.29 is 17.6 Å². The van der Waals surface area contributed by atoms with Crippen molar-refractivity contribution in [2.75, 3.05) is 13.7 Å². The van der Waals surface area contributed by atoms with Crippen LogP contribution in [0.25, 0.3) is 0 Å². The van der Waals surface area contributed by atoms with Gasteiger partial charge in [-0.25, -0.2) is 8.42 Å². The third kappa shape index (κ3) is 3.20. The maximum absolute atomic E-state index is 12.4. The highest BCUT2D eigenvalue weighted by molar-refractivity contribution is 7.89. The van der Waals surface area contributed by atoms with Crippen LogP contribution in [0.1, 0.15) is 12.7 Å². The van der Waals surface area contributed by atoms with Crippen LogP contribution in [0, 0.1) is 0 Å². The van der Waals surface area contributed by atoms with Crippen molar-refractivity contribution in [2.24, 2.45) is 0 Å². The van der Waals surface area contributed by atoms with Gasteiger partial charge in [-0.15, -0.1) is 0 Å². The van der Waals surface area contributed by atoms with Gasteiger partial charge in [-0.1, -0.05) is 0 Å². The lowest BCUT2D eigenvalue weighted by molar-refractivity contribution is 0.340. The molecule has 0 saturated carbocycles. The van der Waals surface area contributed by atoms with Crippen LogP contribution < -0.4 is 4.74 Å². The van der Waals surface area contributed by atoms with E-state index in [1.165, 1.54) is 17.6 Å². The standard InChI is InChI=1S/C14H17NO4S/c1-3-18-12-6-8-14(9-7-12)20(16,17)15(2)11-13-5-4-10-19-13/h4-10H,3,11H2,1-2H3. The minimum Gasteiger partial charge on any atom is -0.494 e. The van der Waals surface area contributed by atoms with Crippen LogP contribution in [0.3, 0.4) is 0 Å². The number of sulfonamides is 1. The lowest BCUT2D eigenvalue weighted by atomic mass is 10.3. The Morgan fingerprint density at radius 1 is 1.20 bits per heavy atom. The fourth-order valence-corrected chi connectivity index (χ4v) is 2.90. The summed E-state index contributed by atoms with van der Waals surface area (Å²) in [5.41, 5.74) is 0. The second kappa shape index (κ2) is 6.11. The van der Waals surface area contributed by atoms with Gasteiger partial charge in [0.15, 0.2) is 0 Å². The third-order valence-electron chi connectivity index (χ3n) is 2.80. The fraction of sp³-hybridized carbons (Fsp3) is 0.286. The van der Waals surface area contributed by atoms with Gasteiger partial charge in [-0.05, 0) is 43.3 Å². The van der Waals surface area contributed by atoms with Gasteiger partial charge in [0.05, 0.1) is 24.3 Å². The van der Waals surface area contributed by atoms with Gasteiger partial charge in [0.1, 0.15) is 11.5 Å². The van der Waals surface area contributed by atoms with Gasteiger partial charge in [0.2, 0.25) is 10.0 Å². The summed E-state index contributed by atoms with van der Waals surface area (Å²) in [5, 5.41) is 0. The van der Waals surface area contributed by atoms with Crippen LogP contribution in [0.5, 0.6) is 5.75 Å². The van der Waals surface area contributed by atoms with Crippen LogP contribution in [0.2, 0.25) is 0 Å². The van der Waals surface area contributed by atoms with E-state index in [0.717, 1.165) is 0 Å². The smallest absolute Gasteiger partial charge is 0.243 e. The quantitative estimate of drug-likeness (QED) is 0.821. The van der Waals surface area contributed by atoms with E-state index < -0.39 is 10.0 Å². The molecule has 0 aliphatic rings. The highest BCUT2D eigenvalue weighted by Gasteiger charge is 2.21. The highest BCUT2D eigenvalue weighted by Crippen LogP contribution is 2.20. The Hall–Kier alpha value is -1.79. The summed E-state index contributed by atoms with van der Waals surface area (Å²) < 4.78 is 36.4. The first-order valence-corrected chi connectivity index (χ1v) is 7.69. The first-order valence-electron chi connectivity index (χ1n) is 6.25. The van der Waals surface area contributed by atoms with Gasteiger partial charge in [0.25, 0.3) is 0 Å². The normalized spacial score (nSPS) is 11.8. The molecule has 1 aromatic heterocycles. The highest BCUT2D eigenvalue weighted by atomic mass is 32.2. The van der Waals surface area contributed by atoms with E-state index >= 15 is 0 Å². The molecule has 0 atom stereocenters.